The molecule has 2 aromatic rings. The minimum absolute atomic E-state index is 0.0453. The van der Waals surface area contributed by atoms with Crippen molar-refractivity contribution in [3.8, 4) is 0 Å². The lowest BCUT2D eigenvalue weighted by Crippen LogP contribution is -2.20. The van der Waals surface area contributed by atoms with Crippen LogP contribution in [0, 0.1) is 6.92 Å². The SMILES string of the molecule is Cc1ncc(NC(=O)Cn2ncc(NS(C)(=O)=O)n2)cn1. The van der Waals surface area contributed by atoms with Gasteiger partial charge in [-0.1, -0.05) is 0 Å². The van der Waals surface area contributed by atoms with Crippen molar-refractivity contribution in [1.82, 2.24) is 25.0 Å². The monoisotopic (exact) mass is 311 g/mol. The van der Waals surface area contributed by atoms with Gasteiger partial charge in [-0.2, -0.15) is 9.90 Å². The van der Waals surface area contributed by atoms with E-state index in [4.69, 9.17) is 0 Å². The largest absolute Gasteiger partial charge is 0.322 e. The minimum Gasteiger partial charge on any atom is -0.322 e. The first-order valence-corrected chi connectivity index (χ1v) is 7.67. The average molecular weight is 311 g/mol. The van der Waals surface area contributed by atoms with Crippen LogP contribution in [0.3, 0.4) is 0 Å². The number of amides is 1. The van der Waals surface area contributed by atoms with Crippen LogP contribution >= 0.6 is 0 Å². The van der Waals surface area contributed by atoms with Crippen LogP contribution in [0.5, 0.6) is 0 Å². The number of carbonyl (C=O) groups is 1. The lowest BCUT2D eigenvalue weighted by molar-refractivity contribution is -0.117. The first-order chi connectivity index (χ1) is 9.82. The quantitative estimate of drug-likeness (QED) is 0.752. The van der Waals surface area contributed by atoms with Gasteiger partial charge in [0.2, 0.25) is 15.9 Å². The Morgan fingerprint density at radius 3 is 2.57 bits per heavy atom. The van der Waals surface area contributed by atoms with Gasteiger partial charge in [-0.3, -0.25) is 9.52 Å². The summed E-state index contributed by atoms with van der Waals surface area (Å²) in [6.45, 7) is 1.56. The van der Waals surface area contributed by atoms with Crippen LogP contribution in [0.2, 0.25) is 0 Å². The number of hydrogen-bond donors (Lipinski definition) is 2. The molecule has 0 spiro atoms. The summed E-state index contributed by atoms with van der Waals surface area (Å²) in [4.78, 5) is 20.7. The van der Waals surface area contributed by atoms with Crippen LogP contribution in [0.15, 0.2) is 18.6 Å². The van der Waals surface area contributed by atoms with Gasteiger partial charge >= 0.3 is 0 Å². The van der Waals surface area contributed by atoms with E-state index in [-0.39, 0.29) is 18.3 Å². The Bertz CT molecular complexity index is 738. The second kappa shape index (κ2) is 5.83. The highest BCUT2D eigenvalue weighted by Crippen LogP contribution is 2.04. The van der Waals surface area contributed by atoms with Gasteiger partial charge < -0.3 is 5.32 Å². The standard InChI is InChI=1S/C10H13N7O3S/c1-7-11-3-8(4-12-7)14-10(18)6-17-13-5-9(15-17)16-21(2,19)20/h3-5H,6H2,1-2H3,(H,14,18)(H,15,16). The van der Waals surface area contributed by atoms with E-state index < -0.39 is 10.0 Å². The van der Waals surface area contributed by atoms with Crippen molar-refractivity contribution in [3.63, 3.8) is 0 Å². The molecule has 0 unspecified atom stereocenters. The molecule has 2 rings (SSSR count). The number of sulfonamides is 1. The third-order valence-electron chi connectivity index (χ3n) is 2.18. The zero-order chi connectivity index (χ0) is 15.5. The van der Waals surface area contributed by atoms with Crippen molar-refractivity contribution >= 4 is 27.4 Å². The molecule has 112 valence electrons. The summed E-state index contributed by atoms with van der Waals surface area (Å²) in [6, 6.07) is 0. The van der Waals surface area contributed by atoms with E-state index in [0.717, 1.165) is 11.1 Å². The summed E-state index contributed by atoms with van der Waals surface area (Å²) in [5.74, 6) is 0.256. The smallest absolute Gasteiger partial charge is 0.248 e. The van der Waals surface area contributed by atoms with Gasteiger partial charge in [0.05, 0.1) is 30.5 Å². The Kier molecular flexibility index (Phi) is 4.12. The van der Waals surface area contributed by atoms with E-state index in [2.05, 4.69) is 30.2 Å². The maximum atomic E-state index is 11.8. The van der Waals surface area contributed by atoms with Gasteiger partial charge in [0.1, 0.15) is 12.4 Å². The topological polar surface area (TPSA) is 132 Å². The Morgan fingerprint density at radius 2 is 1.95 bits per heavy atom. The van der Waals surface area contributed by atoms with Crippen LogP contribution < -0.4 is 10.0 Å². The molecule has 2 N–H and O–H groups in total. The normalized spacial score (nSPS) is 11.1. The minimum atomic E-state index is -3.43. The maximum Gasteiger partial charge on any atom is 0.248 e. The molecule has 0 atom stereocenters. The number of nitrogens with one attached hydrogen (secondary N) is 2. The predicted octanol–water partition coefficient (Wildman–Crippen LogP) is -0.613. The molecule has 0 aliphatic rings. The van der Waals surface area contributed by atoms with E-state index in [9.17, 15) is 13.2 Å². The third kappa shape index (κ3) is 4.80. The highest BCUT2D eigenvalue weighted by molar-refractivity contribution is 7.92. The van der Waals surface area contributed by atoms with Crippen LogP contribution in [0.25, 0.3) is 0 Å². The van der Waals surface area contributed by atoms with Crippen molar-refractivity contribution < 1.29 is 13.2 Å². The second-order valence-corrected chi connectivity index (χ2v) is 5.95. The lowest BCUT2D eigenvalue weighted by Gasteiger charge is -2.03. The summed E-state index contributed by atoms with van der Waals surface area (Å²) in [7, 11) is -3.43. The molecular formula is C10H13N7O3S. The van der Waals surface area contributed by atoms with Crippen molar-refractivity contribution in [2.45, 2.75) is 13.5 Å². The number of aryl methyl sites for hydroxylation is 1. The van der Waals surface area contributed by atoms with Gasteiger partial charge in [0, 0.05) is 0 Å². The van der Waals surface area contributed by atoms with E-state index in [1.807, 2.05) is 0 Å². The second-order valence-electron chi connectivity index (χ2n) is 4.20. The summed E-state index contributed by atoms with van der Waals surface area (Å²) in [5.41, 5.74) is 0.451. The highest BCUT2D eigenvalue weighted by atomic mass is 32.2. The van der Waals surface area contributed by atoms with E-state index in [1.165, 1.54) is 18.6 Å². The number of aromatic nitrogens is 5. The Labute approximate surface area is 120 Å². The predicted molar refractivity (Wildman–Crippen MR) is 73.9 cm³/mol. The maximum absolute atomic E-state index is 11.8. The van der Waals surface area contributed by atoms with E-state index >= 15 is 0 Å². The third-order valence-corrected chi connectivity index (χ3v) is 2.76. The molecule has 0 saturated heterocycles. The first kappa shape index (κ1) is 14.8. The molecule has 0 aliphatic heterocycles. The summed E-state index contributed by atoms with van der Waals surface area (Å²) < 4.78 is 24.2. The van der Waals surface area contributed by atoms with E-state index in [1.54, 1.807) is 6.92 Å². The number of anilines is 2. The molecule has 0 aliphatic carbocycles. The van der Waals surface area contributed by atoms with Crippen molar-refractivity contribution in [1.29, 1.82) is 0 Å². The van der Waals surface area contributed by atoms with Gasteiger partial charge in [-0.05, 0) is 6.92 Å². The summed E-state index contributed by atoms with van der Waals surface area (Å²) in [5, 5.41) is 10.2. The molecular weight excluding hydrogens is 298 g/mol. The van der Waals surface area contributed by atoms with Gasteiger partial charge in [-0.15, -0.1) is 5.10 Å². The van der Waals surface area contributed by atoms with Crippen molar-refractivity contribution in [2.75, 3.05) is 16.3 Å². The molecule has 2 aromatic heterocycles. The fourth-order valence-electron chi connectivity index (χ4n) is 1.40. The summed E-state index contributed by atoms with van der Waals surface area (Å²) in [6.07, 6.45) is 5.17. The van der Waals surface area contributed by atoms with Gasteiger partial charge in [0.15, 0.2) is 5.82 Å². The van der Waals surface area contributed by atoms with Crippen LogP contribution in [-0.2, 0) is 21.4 Å². The van der Waals surface area contributed by atoms with Crippen molar-refractivity contribution in [3.05, 3.63) is 24.4 Å². The zero-order valence-corrected chi connectivity index (χ0v) is 12.1. The molecule has 11 heteroatoms. The molecule has 2 heterocycles. The van der Waals surface area contributed by atoms with E-state index in [0.29, 0.717) is 11.5 Å². The molecule has 0 aromatic carbocycles. The average Bonchev–Trinajstić information content (AvgIpc) is 2.77. The first-order valence-electron chi connectivity index (χ1n) is 5.78. The highest BCUT2D eigenvalue weighted by Gasteiger charge is 2.09. The molecule has 0 radical (unpaired) electrons. The number of nitrogens with zero attached hydrogens (tertiary/aromatic N) is 5. The van der Waals surface area contributed by atoms with Crippen LogP contribution in [-0.4, -0.2) is 45.5 Å². The fraction of sp³-hybridized carbons (Fsp3) is 0.300. The molecule has 10 nitrogen and oxygen atoms in total. The van der Waals surface area contributed by atoms with Gasteiger partial charge in [0.25, 0.3) is 0 Å². The fourth-order valence-corrected chi connectivity index (χ4v) is 1.87. The molecule has 21 heavy (non-hydrogen) atoms. The molecule has 0 fully saturated rings. The number of rotatable bonds is 5. The molecule has 0 bridgehead atoms. The van der Waals surface area contributed by atoms with Crippen molar-refractivity contribution in [2.24, 2.45) is 0 Å². The molecule has 0 saturated carbocycles. The molecule has 1 amide bonds. The summed E-state index contributed by atoms with van der Waals surface area (Å²) >= 11 is 0. The Hall–Kier alpha value is -2.56. The zero-order valence-electron chi connectivity index (χ0n) is 11.3. The Balaban J connectivity index is 1.95. The lowest BCUT2D eigenvalue weighted by atomic mass is 10.5. The van der Waals surface area contributed by atoms with Gasteiger partial charge in [-0.25, -0.2) is 18.4 Å². The number of hydrogen-bond acceptors (Lipinski definition) is 7. The van der Waals surface area contributed by atoms with Crippen LogP contribution in [0.1, 0.15) is 5.82 Å². The van der Waals surface area contributed by atoms with Crippen LogP contribution in [0.4, 0.5) is 11.5 Å². The number of carbonyl (C=O) groups excluding carboxylic acids is 1. The Morgan fingerprint density at radius 1 is 1.29 bits per heavy atom.